The Morgan fingerprint density at radius 1 is 0.950 bits per heavy atom. The summed E-state index contributed by atoms with van der Waals surface area (Å²) in [6.45, 7) is 8.05. The van der Waals surface area contributed by atoms with Gasteiger partial charge in [0.05, 0.1) is 44.3 Å². The lowest BCUT2D eigenvalue weighted by atomic mass is 9.94. The number of fused-ring (bicyclic) bond motifs is 1. The van der Waals surface area contributed by atoms with Gasteiger partial charge in [0.2, 0.25) is 0 Å². The summed E-state index contributed by atoms with van der Waals surface area (Å²) in [4.78, 5) is 14.9. The van der Waals surface area contributed by atoms with Crippen LogP contribution in [0, 0.1) is 0 Å². The second kappa shape index (κ2) is 26.0. The summed E-state index contributed by atoms with van der Waals surface area (Å²) in [6, 6.07) is 8.80. The number of ether oxygens (including phenoxy) is 5. The van der Waals surface area contributed by atoms with E-state index in [1.807, 2.05) is 19.1 Å². The zero-order valence-corrected chi connectivity index (χ0v) is 39.0. The predicted octanol–water partition coefficient (Wildman–Crippen LogP) is 11.4. The van der Waals surface area contributed by atoms with Crippen molar-refractivity contribution >= 4 is 42.4 Å². The van der Waals surface area contributed by atoms with E-state index in [-0.39, 0.29) is 26.4 Å². The van der Waals surface area contributed by atoms with Gasteiger partial charge in [-0.3, -0.25) is 9.05 Å². The van der Waals surface area contributed by atoms with Crippen LogP contribution in [-0.2, 0) is 49.5 Å². The first-order chi connectivity index (χ1) is 28.8. The minimum atomic E-state index is -4.57. The zero-order chi connectivity index (χ0) is 43.4. The first kappa shape index (κ1) is 50.8. The molecular weight excluding hydrogens is 830 g/mol. The molecule has 340 valence electrons. The number of aromatic nitrogens is 3. The van der Waals surface area contributed by atoms with Crippen molar-refractivity contribution in [2.75, 3.05) is 39.3 Å². The Labute approximate surface area is 368 Å². The summed E-state index contributed by atoms with van der Waals surface area (Å²) in [5.41, 5.74) is 7.03. The van der Waals surface area contributed by atoms with Gasteiger partial charge in [0, 0.05) is 30.2 Å². The molecule has 1 saturated heterocycles. The summed E-state index contributed by atoms with van der Waals surface area (Å²) < 4.78 is 56.5. The van der Waals surface area contributed by atoms with Crippen molar-refractivity contribution in [1.82, 2.24) is 14.6 Å². The van der Waals surface area contributed by atoms with Gasteiger partial charge < -0.3 is 34.3 Å². The van der Waals surface area contributed by atoms with Crippen molar-refractivity contribution in [3.05, 3.63) is 58.0 Å². The van der Waals surface area contributed by atoms with Crippen molar-refractivity contribution in [2.45, 2.75) is 173 Å². The SMILES string of the molecule is CCCCCCCCCCCCCCCCCCOC[C@H](COP(=O)(O)OC[C@@H]1C[C@@H](OC(C)(C)OC)[C@](C)(c2ccc3c(N)ncnn23)O1)OCc1ccc(Cl)cc1Cl. The van der Waals surface area contributed by atoms with Crippen molar-refractivity contribution < 1.29 is 42.2 Å². The van der Waals surface area contributed by atoms with E-state index in [9.17, 15) is 9.46 Å². The van der Waals surface area contributed by atoms with E-state index < -0.39 is 37.5 Å². The number of nitrogen functional groups attached to an aromatic ring is 1. The molecule has 1 unspecified atom stereocenters. The van der Waals surface area contributed by atoms with Crippen molar-refractivity contribution in [3.8, 4) is 0 Å². The first-order valence-electron chi connectivity index (χ1n) is 22.0. The Morgan fingerprint density at radius 2 is 1.58 bits per heavy atom. The van der Waals surface area contributed by atoms with Crippen LogP contribution in [0.15, 0.2) is 36.7 Å². The molecule has 0 radical (unpaired) electrons. The fraction of sp³-hybridized carbons (Fsp3) is 0.727. The van der Waals surface area contributed by atoms with Crippen LogP contribution in [0.3, 0.4) is 0 Å². The number of halogens is 2. The smallest absolute Gasteiger partial charge is 0.382 e. The van der Waals surface area contributed by atoms with Crippen molar-refractivity contribution in [2.24, 2.45) is 0 Å². The normalized spacial score (nSPS) is 19.9. The zero-order valence-electron chi connectivity index (χ0n) is 36.6. The van der Waals surface area contributed by atoms with Gasteiger partial charge in [-0.2, -0.15) is 5.10 Å². The van der Waals surface area contributed by atoms with Gasteiger partial charge in [-0.15, -0.1) is 0 Å². The van der Waals surface area contributed by atoms with Crippen molar-refractivity contribution in [3.63, 3.8) is 0 Å². The Kier molecular flexibility index (Phi) is 22.0. The molecule has 1 fully saturated rings. The molecule has 4 rings (SSSR count). The summed E-state index contributed by atoms with van der Waals surface area (Å²) in [5.74, 6) is -0.643. The maximum Gasteiger partial charge on any atom is 0.472 e. The van der Waals surface area contributed by atoms with Crippen LogP contribution in [-0.4, -0.2) is 77.1 Å². The summed E-state index contributed by atoms with van der Waals surface area (Å²) in [7, 11) is -3.01. The number of methoxy groups -OCH3 is 1. The van der Waals surface area contributed by atoms with Crippen LogP contribution in [0.25, 0.3) is 5.52 Å². The fourth-order valence-electron chi connectivity index (χ4n) is 7.49. The monoisotopic (exact) mass is 900 g/mol. The third-order valence-corrected chi connectivity index (χ3v) is 12.7. The second-order valence-electron chi connectivity index (χ2n) is 16.6. The number of unbranched alkanes of at least 4 members (excludes halogenated alkanes) is 15. The number of benzene rings is 1. The quantitative estimate of drug-likeness (QED) is 0.0347. The molecule has 16 heteroatoms. The summed E-state index contributed by atoms with van der Waals surface area (Å²) in [6.07, 6.45) is 20.5. The molecular formula is C44H71Cl2N4O9P. The Hall–Kier alpha value is -1.87. The van der Waals surface area contributed by atoms with Gasteiger partial charge in [0.1, 0.15) is 23.5 Å². The highest BCUT2D eigenvalue weighted by Crippen LogP contribution is 2.47. The van der Waals surface area contributed by atoms with E-state index in [1.54, 1.807) is 43.7 Å². The van der Waals surface area contributed by atoms with Crippen molar-refractivity contribution in [1.29, 1.82) is 0 Å². The van der Waals surface area contributed by atoms with E-state index in [4.69, 9.17) is 61.7 Å². The summed E-state index contributed by atoms with van der Waals surface area (Å²) >= 11 is 12.5. The van der Waals surface area contributed by atoms with Gasteiger partial charge in [-0.25, -0.2) is 14.1 Å². The Morgan fingerprint density at radius 3 is 2.20 bits per heavy atom. The van der Waals surface area contributed by atoms with Crippen LogP contribution < -0.4 is 5.73 Å². The molecule has 60 heavy (non-hydrogen) atoms. The van der Waals surface area contributed by atoms with E-state index in [2.05, 4.69) is 17.0 Å². The molecule has 5 atom stereocenters. The number of phosphoric acid groups is 1. The number of rotatable bonds is 32. The van der Waals surface area contributed by atoms with Gasteiger partial charge >= 0.3 is 7.82 Å². The van der Waals surface area contributed by atoms with Crippen LogP contribution in [0.4, 0.5) is 5.82 Å². The van der Waals surface area contributed by atoms with E-state index in [1.165, 1.54) is 96.2 Å². The molecule has 0 amide bonds. The molecule has 0 spiro atoms. The molecule has 0 saturated carbocycles. The standard InChI is InChI=1S/C44H71Cl2N4O9P/c1-6-7-8-9-10-11-12-13-14-15-16-17-18-19-20-21-26-54-30-37(55-29-34-22-23-35(45)27-38(34)46)32-57-60(51,52)56-31-36-28-41(59-43(2,3)53-5)44(4,58-36)40-25-24-39-42(47)48-33-49-50(39)40/h22-25,27,33,36-37,41H,6-21,26,28-32H2,1-5H3,(H,51,52)(H2,47,48,49)/t36-,37+,41+,44-/m0/s1. The number of nitrogens with two attached hydrogens (primary N) is 1. The average molecular weight is 902 g/mol. The molecule has 3 aromatic rings. The summed E-state index contributed by atoms with van der Waals surface area (Å²) in [5, 5.41) is 5.36. The van der Waals surface area contributed by atoms with Gasteiger partial charge in [0.15, 0.2) is 11.6 Å². The predicted molar refractivity (Wildman–Crippen MR) is 237 cm³/mol. The third kappa shape index (κ3) is 17.0. The number of hydrogen-bond donors (Lipinski definition) is 2. The van der Waals surface area contributed by atoms with Gasteiger partial charge in [-0.05, 0) is 57.0 Å². The highest BCUT2D eigenvalue weighted by atomic mass is 35.5. The molecule has 0 aliphatic carbocycles. The molecule has 3 N–H and O–H groups in total. The van der Waals surface area contributed by atoms with Gasteiger partial charge in [-0.1, -0.05) is 133 Å². The van der Waals surface area contributed by atoms with Crippen LogP contribution >= 0.6 is 31.0 Å². The van der Waals surface area contributed by atoms with E-state index in [0.717, 1.165) is 12.8 Å². The maximum atomic E-state index is 13.3. The highest BCUT2D eigenvalue weighted by Gasteiger charge is 2.51. The second-order valence-corrected chi connectivity index (χ2v) is 18.9. The lowest BCUT2D eigenvalue weighted by molar-refractivity contribution is -0.247. The minimum absolute atomic E-state index is 0.127. The molecule has 1 aliphatic rings. The molecule has 1 aliphatic heterocycles. The van der Waals surface area contributed by atoms with Gasteiger partial charge in [0.25, 0.3) is 0 Å². The first-order valence-corrected chi connectivity index (χ1v) is 24.3. The molecule has 3 heterocycles. The van der Waals surface area contributed by atoms with E-state index >= 15 is 0 Å². The topological polar surface area (TPSA) is 158 Å². The number of anilines is 1. The lowest BCUT2D eigenvalue weighted by Crippen LogP contribution is -2.42. The number of hydrogen-bond acceptors (Lipinski definition) is 11. The molecule has 2 aromatic heterocycles. The highest BCUT2D eigenvalue weighted by molar-refractivity contribution is 7.47. The average Bonchev–Trinajstić information content (AvgIpc) is 3.80. The van der Waals surface area contributed by atoms with E-state index in [0.29, 0.717) is 45.7 Å². The third-order valence-electron chi connectivity index (χ3n) is 11.2. The number of nitrogens with zero attached hydrogens (tertiary/aromatic N) is 3. The molecule has 1 aromatic carbocycles. The lowest BCUT2D eigenvalue weighted by Gasteiger charge is -2.35. The van der Waals surface area contributed by atoms with Crippen LogP contribution in [0.2, 0.25) is 10.0 Å². The largest absolute Gasteiger partial charge is 0.472 e. The van der Waals surface area contributed by atoms with Crippen LogP contribution in [0.1, 0.15) is 148 Å². The molecule has 0 bridgehead atoms. The Bertz CT molecular complexity index is 1740. The Balaban J connectivity index is 1.22. The fourth-order valence-corrected chi connectivity index (χ4v) is 8.74. The number of phosphoric ester groups is 1. The van der Waals surface area contributed by atoms with Crippen LogP contribution in [0.5, 0.6) is 0 Å². The minimum Gasteiger partial charge on any atom is -0.382 e. The molecule has 13 nitrogen and oxygen atoms in total. The maximum absolute atomic E-state index is 13.3.